The molecule has 1 saturated heterocycles. The van der Waals surface area contributed by atoms with E-state index >= 15 is 0 Å². The number of amides is 1. The van der Waals surface area contributed by atoms with Crippen LogP contribution in [0.2, 0.25) is 0 Å². The second kappa shape index (κ2) is 7.57. The molecule has 0 radical (unpaired) electrons. The van der Waals surface area contributed by atoms with E-state index in [2.05, 4.69) is 0 Å². The molecular weight excluding hydrogens is 314 g/mol. The molecule has 1 heterocycles. The van der Waals surface area contributed by atoms with E-state index in [1.165, 1.54) is 12.1 Å². The van der Waals surface area contributed by atoms with E-state index < -0.39 is 17.7 Å². The first-order chi connectivity index (χ1) is 11.6. The van der Waals surface area contributed by atoms with E-state index in [9.17, 15) is 13.6 Å². The van der Waals surface area contributed by atoms with E-state index in [0.29, 0.717) is 18.5 Å². The van der Waals surface area contributed by atoms with Gasteiger partial charge in [0.05, 0.1) is 6.10 Å². The Kier molecular flexibility index (Phi) is 5.46. The van der Waals surface area contributed by atoms with Crippen molar-refractivity contribution in [2.75, 3.05) is 6.54 Å². The van der Waals surface area contributed by atoms with Crippen molar-refractivity contribution in [3.05, 3.63) is 35.4 Å². The zero-order valence-corrected chi connectivity index (χ0v) is 13.7. The van der Waals surface area contributed by atoms with Gasteiger partial charge in [0.15, 0.2) is 0 Å². The summed E-state index contributed by atoms with van der Waals surface area (Å²) in [6.45, 7) is 0.558. The summed E-state index contributed by atoms with van der Waals surface area (Å²) in [5, 5.41) is 0. The lowest BCUT2D eigenvalue weighted by Crippen LogP contribution is -2.44. The molecule has 2 fully saturated rings. The Bertz CT molecular complexity index is 590. The summed E-state index contributed by atoms with van der Waals surface area (Å²) in [7, 11) is 0. The molecule has 2 aliphatic rings. The largest absolute Gasteiger partial charge is 0.364 e. The number of nitrogens with two attached hydrogens (primary N) is 1. The predicted molar refractivity (Wildman–Crippen MR) is 86.1 cm³/mol. The van der Waals surface area contributed by atoms with Crippen LogP contribution in [-0.4, -0.2) is 35.6 Å². The van der Waals surface area contributed by atoms with Crippen molar-refractivity contribution in [3.8, 4) is 0 Å². The Morgan fingerprint density at radius 3 is 2.58 bits per heavy atom. The number of hydrogen-bond acceptors (Lipinski definition) is 3. The third-order valence-corrected chi connectivity index (χ3v) is 5.05. The number of benzene rings is 1. The highest BCUT2D eigenvalue weighted by atomic mass is 19.1. The van der Waals surface area contributed by atoms with Crippen LogP contribution in [0.15, 0.2) is 18.2 Å². The second-order valence-corrected chi connectivity index (χ2v) is 6.70. The van der Waals surface area contributed by atoms with Crippen molar-refractivity contribution in [1.82, 2.24) is 4.90 Å². The smallest absolute Gasteiger partial charge is 0.252 e. The van der Waals surface area contributed by atoms with E-state index in [0.717, 1.165) is 38.2 Å². The molecule has 1 amide bonds. The fraction of sp³-hybridized carbons (Fsp3) is 0.611. The van der Waals surface area contributed by atoms with Gasteiger partial charge in [0.1, 0.15) is 17.7 Å². The van der Waals surface area contributed by atoms with Crippen LogP contribution in [-0.2, 0) is 16.1 Å². The average Bonchev–Trinajstić information content (AvgIpc) is 3.25. The number of hydrogen-bond donors (Lipinski definition) is 1. The molecule has 0 spiro atoms. The Morgan fingerprint density at radius 1 is 1.21 bits per heavy atom. The van der Waals surface area contributed by atoms with E-state index in [1.807, 2.05) is 0 Å². The Morgan fingerprint density at radius 2 is 1.96 bits per heavy atom. The summed E-state index contributed by atoms with van der Waals surface area (Å²) >= 11 is 0. The Labute approximate surface area is 141 Å². The molecule has 2 N–H and O–H groups in total. The topological polar surface area (TPSA) is 55.6 Å². The first-order valence-corrected chi connectivity index (χ1v) is 8.68. The van der Waals surface area contributed by atoms with Gasteiger partial charge in [0.25, 0.3) is 5.91 Å². The van der Waals surface area contributed by atoms with Crippen LogP contribution in [0, 0.1) is 11.6 Å². The fourth-order valence-corrected chi connectivity index (χ4v) is 3.68. The summed E-state index contributed by atoms with van der Waals surface area (Å²) in [6, 6.07) is 3.61. The lowest BCUT2D eigenvalue weighted by atomic mass is 10.1. The zero-order chi connectivity index (χ0) is 17.1. The first kappa shape index (κ1) is 17.3. The second-order valence-electron chi connectivity index (χ2n) is 6.70. The van der Waals surface area contributed by atoms with Crippen molar-refractivity contribution in [2.24, 2.45) is 5.73 Å². The highest BCUT2D eigenvalue weighted by Crippen LogP contribution is 2.29. The molecule has 0 aromatic heterocycles. The van der Waals surface area contributed by atoms with Gasteiger partial charge < -0.3 is 15.4 Å². The molecule has 1 aliphatic heterocycles. The maximum atomic E-state index is 14.0. The minimum atomic E-state index is -0.613. The molecule has 1 saturated carbocycles. The van der Waals surface area contributed by atoms with Gasteiger partial charge >= 0.3 is 0 Å². The quantitative estimate of drug-likeness (QED) is 0.898. The summed E-state index contributed by atoms with van der Waals surface area (Å²) in [4.78, 5) is 14.7. The summed E-state index contributed by atoms with van der Waals surface area (Å²) in [6.07, 6.45) is 4.82. The number of ether oxygens (including phenoxy) is 1. The van der Waals surface area contributed by atoms with Crippen LogP contribution in [0.5, 0.6) is 0 Å². The monoisotopic (exact) mass is 338 g/mol. The van der Waals surface area contributed by atoms with E-state index in [-0.39, 0.29) is 24.6 Å². The molecule has 2 atom stereocenters. The molecule has 0 unspecified atom stereocenters. The van der Waals surface area contributed by atoms with Gasteiger partial charge in [-0.1, -0.05) is 18.9 Å². The van der Waals surface area contributed by atoms with Crippen LogP contribution in [0.4, 0.5) is 8.78 Å². The number of carbonyl (C=O) groups is 1. The molecule has 6 heteroatoms. The third-order valence-electron chi connectivity index (χ3n) is 5.05. The minimum absolute atomic E-state index is 0.0769. The number of carbonyl (C=O) groups excluding carboxylic acids is 1. The lowest BCUT2D eigenvalue weighted by molar-refractivity contribution is -0.145. The number of halogens is 2. The van der Waals surface area contributed by atoms with Crippen LogP contribution >= 0.6 is 0 Å². The molecule has 1 aromatic rings. The SMILES string of the molecule is NC[C@H]1CC[C@@H](C(=O)N(Cc2ccc(F)cc2F)C2CCCC2)O1. The van der Waals surface area contributed by atoms with Crippen molar-refractivity contribution in [1.29, 1.82) is 0 Å². The average molecular weight is 338 g/mol. The standard InChI is InChI=1S/C18H24F2N2O2/c19-13-6-5-12(16(20)9-13)11-22(14-3-1-2-4-14)18(23)17-8-7-15(10-21)24-17/h5-6,9,14-15,17H,1-4,7-8,10-11,21H2/t15-,17+/m1/s1. The molecule has 24 heavy (non-hydrogen) atoms. The van der Waals surface area contributed by atoms with Crippen LogP contribution < -0.4 is 5.73 Å². The normalized spacial score (nSPS) is 24.5. The van der Waals surface area contributed by atoms with Crippen molar-refractivity contribution < 1.29 is 18.3 Å². The summed E-state index contributed by atoms with van der Waals surface area (Å²) < 4.78 is 32.9. The molecule has 0 bridgehead atoms. The number of nitrogens with zero attached hydrogens (tertiary/aromatic N) is 1. The van der Waals surface area contributed by atoms with Gasteiger partial charge in [-0.3, -0.25) is 4.79 Å². The van der Waals surface area contributed by atoms with Crippen LogP contribution in [0.25, 0.3) is 0 Å². The molecular formula is C18H24F2N2O2. The van der Waals surface area contributed by atoms with Gasteiger partial charge in [0.2, 0.25) is 0 Å². The van der Waals surface area contributed by atoms with Gasteiger partial charge in [-0.15, -0.1) is 0 Å². The molecule has 1 aromatic carbocycles. The maximum absolute atomic E-state index is 14.0. The molecule has 1 aliphatic carbocycles. The molecule has 4 nitrogen and oxygen atoms in total. The van der Waals surface area contributed by atoms with E-state index in [1.54, 1.807) is 4.90 Å². The summed E-state index contributed by atoms with van der Waals surface area (Å²) in [5.41, 5.74) is 5.95. The molecule has 3 rings (SSSR count). The minimum Gasteiger partial charge on any atom is -0.364 e. The Balaban J connectivity index is 1.77. The zero-order valence-electron chi connectivity index (χ0n) is 13.7. The fourth-order valence-electron chi connectivity index (χ4n) is 3.68. The lowest BCUT2D eigenvalue weighted by Gasteiger charge is -2.31. The highest BCUT2D eigenvalue weighted by molar-refractivity contribution is 5.81. The summed E-state index contributed by atoms with van der Waals surface area (Å²) in [5.74, 6) is -1.32. The van der Waals surface area contributed by atoms with Gasteiger partial charge in [-0.05, 0) is 31.7 Å². The van der Waals surface area contributed by atoms with Gasteiger partial charge in [-0.25, -0.2) is 8.78 Å². The maximum Gasteiger partial charge on any atom is 0.252 e. The van der Waals surface area contributed by atoms with Gasteiger partial charge in [0, 0.05) is 30.8 Å². The first-order valence-electron chi connectivity index (χ1n) is 8.68. The third kappa shape index (κ3) is 3.75. The van der Waals surface area contributed by atoms with Gasteiger partial charge in [-0.2, -0.15) is 0 Å². The van der Waals surface area contributed by atoms with E-state index in [4.69, 9.17) is 10.5 Å². The molecule has 132 valence electrons. The van der Waals surface area contributed by atoms with Crippen LogP contribution in [0.1, 0.15) is 44.1 Å². The number of rotatable bonds is 5. The van der Waals surface area contributed by atoms with Crippen molar-refractivity contribution in [2.45, 2.75) is 63.3 Å². The Hall–Kier alpha value is -1.53. The van der Waals surface area contributed by atoms with Crippen molar-refractivity contribution >= 4 is 5.91 Å². The van der Waals surface area contributed by atoms with Crippen molar-refractivity contribution in [3.63, 3.8) is 0 Å². The predicted octanol–water partition coefficient (Wildman–Crippen LogP) is 2.74. The van der Waals surface area contributed by atoms with Crippen LogP contribution in [0.3, 0.4) is 0 Å². The highest BCUT2D eigenvalue weighted by Gasteiger charge is 2.36.